The lowest BCUT2D eigenvalue weighted by Gasteiger charge is -2.35. The summed E-state index contributed by atoms with van der Waals surface area (Å²) in [7, 11) is 4.08. The van der Waals surface area contributed by atoms with E-state index < -0.39 is 0 Å². The molecule has 0 saturated carbocycles. The Bertz CT molecular complexity index is 713. The smallest absolute Gasteiger partial charge is 0.272 e. The summed E-state index contributed by atoms with van der Waals surface area (Å²) in [5.74, 6) is 0.0921. The highest BCUT2D eigenvalue weighted by Gasteiger charge is 2.28. The summed E-state index contributed by atoms with van der Waals surface area (Å²) in [5.41, 5.74) is 3.62. The third-order valence-electron chi connectivity index (χ3n) is 5.01. The van der Waals surface area contributed by atoms with E-state index in [0.29, 0.717) is 6.04 Å². The van der Waals surface area contributed by atoms with Gasteiger partial charge in [-0.1, -0.05) is 13.0 Å². The van der Waals surface area contributed by atoms with Gasteiger partial charge in [-0.3, -0.25) is 9.20 Å². The van der Waals surface area contributed by atoms with Crippen LogP contribution >= 0.6 is 0 Å². The molecule has 3 rings (SSSR count). The van der Waals surface area contributed by atoms with E-state index in [0.717, 1.165) is 55.0 Å². The van der Waals surface area contributed by atoms with Gasteiger partial charge in [0.2, 0.25) is 0 Å². The molecule has 0 bridgehead atoms. The van der Waals surface area contributed by atoms with Gasteiger partial charge in [-0.25, -0.2) is 4.98 Å². The average Bonchev–Trinajstić information content (AvgIpc) is 2.94. The first-order chi connectivity index (χ1) is 11.0. The van der Waals surface area contributed by atoms with E-state index in [1.54, 1.807) is 0 Å². The molecule has 0 unspecified atom stereocenters. The van der Waals surface area contributed by atoms with Gasteiger partial charge in [-0.2, -0.15) is 0 Å². The predicted octanol–water partition coefficient (Wildman–Crippen LogP) is 2.37. The number of rotatable bonds is 3. The summed E-state index contributed by atoms with van der Waals surface area (Å²) in [6.45, 7) is 6.20. The van der Waals surface area contributed by atoms with E-state index in [-0.39, 0.29) is 5.91 Å². The summed E-state index contributed by atoms with van der Waals surface area (Å²) in [6.07, 6.45) is 4.79. The van der Waals surface area contributed by atoms with Crippen LogP contribution < -0.4 is 0 Å². The van der Waals surface area contributed by atoms with Crippen molar-refractivity contribution in [2.45, 2.75) is 39.2 Å². The van der Waals surface area contributed by atoms with Crippen molar-refractivity contribution in [2.24, 2.45) is 0 Å². The van der Waals surface area contributed by atoms with Crippen LogP contribution in [0.5, 0.6) is 0 Å². The second-order valence-corrected chi connectivity index (χ2v) is 6.60. The Labute approximate surface area is 137 Å². The summed E-state index contributed by atoms with van der Waals surface area (Å²) in [6, 6.07) is 4.34. The van der Waals surface area contributed by atoms with Crippen molar-refractivity contribution in [3.63, 3.8) is 0 Å². The van der Waals surface area contributed by atoms with E-state index >= 15 is 0 Å². The minimum Gasteiger partial charge on any atom is -0.337 e. The Kier molecular flexibility index (Phi) is 4.39. The number of hydrogen-bond acceptors (Lipinski definition) is 3. The molecule has 5 heteroatoms. The third kappa shape index (κ3) is 2.85. The number of imidazole rings is 1. The molecule has 0 spiro atoms. The Morgan fingerprint density at radius 2 is 2.09 bits per heavy atom. The van der Waals surface area contributed by atoms with Crippen LogP contribution in [-0.4, -0.2) is 58.3 Å². The molecule has 0 aromatic carbocycles. The van der Waals surface area contributed by atoms with Gasteiger partial charge in [0.25, 0.3) is 5.91 Å². The normalized spacial score (nSPS) is 16.9. The molecule has 1 aliphatic heterocycles. The minimum absolute atomic E-state index is 0.0921. The number of carbonyl (C=O) groups is 1. The lowest BCUT2D eigenvalue weighted by Crippen LogP contribution is -2.45. The van der Waals surface area contributed by atoms with Gasteiger partial charge in [-0.15, -0.1) is 0 Å². The van der Waals surface area contributed by atoms with Gasteiger partial charge in [0.1, 0.15) is 11.3 Å². The van der Waals surface area contributed by atoms with Crippen molar-refractivity contribution < 1.29 is 4.79 Å². The number of aromatic nitrogens is 2. The monoisotopic (exact) mass is 314 g/mol. The molecule has 5 nitrogen and oxygen atoms in total. The summed E-state index contributed by atoms with van der Waals surface area (Å²) >= 11 is 0. The highest BCUT2D eigenvalue weighted by molar-refractivity contribution is 5.95. The lowest BCUT2D eigenvalue weighted by molar-refractivity contribution is 0.0651. The van der Waals surface area contributed by atoms with Crippen molar-refractivity contribution in [1.29, 1.82) is 0 Å². The van der Waals surface area contributed by atoms with Crippen LogP contribution in [0.1, 0.15) is 41.5 Å². The summed E-state index contributed by atoms with van der Waals surface area (Å²) < 4.78 is 1.96. The minimum atomic E-state index is 0.0921. The maximum Gasteiger partial charge on any atom is 0.272 e. The van der Waals surface area contributed by atoms with E-state index in [2.05, 4.69) is 18.9 Å². The number of fused-ring (bicyclic) bond motifs is 1. The first-order valence-electron chi connectivity index (χ1n) is 8.45. The van der Waals surface area contributed by atoms with E-state index in [1.807, 2.05) is 41.6 Å². The first kappa shape index (κ1) is 16.0. The quantitative estimate of drug-likeness (QED) is 0.873. The Hall–Kier alpha value is -1.88. The van der Waals surface area contributed by atoms with Crippen LogP contribution in [0.4, 0.5) is 0 Å². The third-order valence-corrected chi connectivity index (χ3v) is 5.01. The van der Waals surface area contributed by atoms with Crippen LogP contribution in [0.3, 0.4) is 0 Å². The number of aryl methyl sites for hydroxylation is 2. The van der Waals surface area contributed by atoms with Crippen LogP contribution in [0.15, 0.2) is 18.3 Å². The predicted molar refractivity (Wildman–Crippen MR) is 91.9 cm³/mol. The van der Waals surface area contributed by atoms with Gasteiger partial charge in [0.05, 0.1) is 5.69 Å². The molecule has 1 amide bonds. The molecule has 1 fully saturated rings. The molecule has 1 saturated heterocycles. The first-order valence-corrected chi connectivity index (χ1v) is 8.45. The largest absolute Gasteiger partial charge is 0.337 e. The Morgan fingerprint density at radius 3 is 2.74 bits per heavy atom. The highest BCUT2D eigenvalue weighted by atomic mass is 16.2. The van der Waals surface area contributed by atoms with Gasteiger partial charge in [0, 0.05) is 19.3 Å². The molecule has 23 heavy (non-hydrogen) atoms. The van der Waals surface area contributed by atoms with Crippen LogP contribution in [-0.2, 0) is 6.42 Å². The molecule has 0 N–H and O–H groups in total. The zero-order valence-electron chi connectivity index (χ0n) is 14.5. The van der Waals surface area contributed by atoms with Crippen molar-refractivity contribution in [1.82, 2.24) is 19.2 Å². The highest BCUT2D eigenvalue weighted by Crippen LogP contribution is 2.21. The number of hydrogen-bond donors (Lipinski definition) is 0. The number of amides is 1. The lowest BCUT2D eigenvalue weighted by atomic mass is 10.0. The molecule has 0 aliphatic carbocycles. The van der Waals surface area contributed by atoms with Gasteiger partial charge < -0.3 is 9.80 Å². The molecule has 2 aromatic heterocycles. The molecule has 124 valence electrons. The fourth-order valence-electron chi connectivity index (χ4n) is 3.44. The van der Waals surface area contributed by atoms with Crippen molar-refractivity contribution in [3.05, 3.63) is 35.3 Å². The van der Waals surface area contributed by atoms with E-state index in [4.69, 9.17) is 4.98 Å². The van der Waals surface area contributed by atoms with Crippen molar-refractivity contribution in [2.75, 3.05) is 27.2 Å². The second-order valence-electron chi connectivity index (χ2n) is 6.60. The SMILES string of the molecule is CCc1nc2c(C)cccn2c1C(=O)N(C)C1CCN(C)CC1. The molecule has 0 radical (unpaired) electrons. The summed E-state index contributed by atoms with van der Waals surface area (Å²) in [5, 5.41) is 0. The van der Waals surface area contributed by atoms with Crippen molar-refractivity contribution >= 4 is 11.6 Å². The Morgan fingerprint density at radius 1 is 1.39 bits per heavy atom. The van der Waals surface area contributed by atoms with Gasteiger partial charge >= 0.3 is 0 Å². The fraction of sp³-hybridized carbons (Fsp3) is 0.556. The molecule has 1 aliphatic rings. The zero-order valence-corrected chi connectivity index (χ0v) is 14.5. The molecular weight excluding hydrogens is 288 g/mol. The van der Waals surface area contributed by atoms with E-state index in [1.165, 1.54) is 0 Å². The zero-order chi connectivity index (χ0) is 16.6. The molecule has 3 heterocycles. The number of pyridine rings is 1. The molecule has 2 aromatic rings. The van der Waals surface area contributed by atoms with Crippen LogP contribution in [0.2, 0.25) is 0 Å². The number of piperidine rings is 1. The summed E-state index contributed by atoms with van der Waals surface area (Å²) in [4.78, 5) is 22.1. The number of likely N-dealkylation sites (tertiary alicyclic amines) is 1. The van der Waals surface area contributed by atoms with E-state index in [9.17, 15) is 4.79 Å². The average molecular weight is 314 g/mol. The van der Waals surface area contributed by atoms with Crippen LogP contribution in [0.25, 0.3) is 5.65 Å². The second kappa shape index (κ2) is 6.32. The fourth-order valence-corrected chi connectivity index (χ4v) is 3.44. The topological polar surface area (TPSA) is 40.9 Å². The standard InChI is InChI=1S/C18H26N4O/c1-5-15-16(22-10-6-7-13(2)17(22)19-15)18(23)21(4)14-8-11-20(3)12-9-14/h6-7,10,14H,5,8-9,11-12H2,1-4H3. The van der Waals surface area contributed by atoms with Crippen molar-refractivity contribution in [3.8, 4) is 0 Å². The maximum absolute atomic E-state index is 13.1. The number of carbonyl (C=O) groups excluding carboxylic acids is 1. The molecule has 0 atom stereocenters. The van der Waals surface area contributed by atoms with Crippen LogP contribution in [0, 0.1) is 6.92 Å². The van der Waals surface area contributed by atoms with Gasteiger partial charge in [0.15, 0.2) is 0 Å². The maximum atomic E-state index is 13.1. The Balaban J connectivity index is 1.95. The number of nitrogens with zero attached hydrogens (tertiary/aromatic N) is 4. The molecular formula is C18H26N4O. The van der Waals surface area contributed by atoms with Gasteiger partial charge in [-0.05, 0) is 58.0 Å².